The van der Waals surface area contributed by atoms with Crippen molar-refractivity contribution in [3.8, 4) is 0 Å². The van der Waals surface area contributed by atoms with Gasteiger partial charge < -0.3 is 4.98 Å². The molecule has 0 saturated carbocycles. The van der Waals surface area contributed by atoms with Gasteiger partial charge in [0.05, 0.1) is 10.9 Å². The zero-order chi connectivity index (χ0) is 11.0. The summed E-state index contributed by atoms with van der Waals surface area (Å²) in [4.78, 5) is 18.7. The van der Waals surface area contributed by atoms with Crippen LogP contribution in [-0.4, -0.2) is 9.97 Å². The van der Waals surface area contributed by atoms with Gasteiger partial charge >= 0.3 is 0 Å². The topological polar surface area (TPSA) is 45.8 Å². The van der Waals surface area contributed by atoms with E-state index in [0.717, 1.165) is 11.9 Å². The van der Waals surface area contributed by atoms with Crippen LogP contribution in [0.4, 0.5) is 0 Å². The number of hydrogen-bond acceptors (Lipinski definition) is 2. The minimum absolute atomic E-state index is 0.0489. The van der Waals surface area contributed by atoms with Crippen LogP contribution in [0.2, 0.25) is 0 Å². The summed E-state index contributed by atoms with van der Waals surface area (Å²) in [5.41, 5.74) is 3.14. The maximum Gasteiger partial charge on any atom is 0.258 e. The molecule has 78 valence electrons. The molecule has 0 saturated heterocycles. The van der Waals surface area contributed by atoms with E-state index in [2.05, 4.69) is 23.8 Å². The Balaban J connectivity index is 2.87. The zero-order valence-electron chi connectivity index (χ0n) is 9.22. The predicted molar refractivity (Wildman–Crippen MR) is 61.2 cm³/mol. The van der Waals surface area contributed by atoms with Crippen molar-refractivity contribution in [3.63, 3.8) is 0 Å². The molecule has 0 amide bonds. The molecule has 1 aromatic carbocycles. The van der Waals surface area contributed by atoms with Crippen molar-refractivity contribution in [2.45, 2.75) is 27.2 Å². The number of benzene rings is 1. The molecule has 15 heavy (non-hydrogen) atoms. The Kier molecular flexibility index (Phi) is 2.31. The zero-order valence-corrected chi connectivity index (χ0v) is 9.22. The summed E-state index contributed by atoms with van der Waals surface area (Å²) in [5, 5.41) is 0.683. The van der Waals surface area contributed by atoms with Crippen LogP contribution in [0.3, 0.4) is 0 Å². The Bertz CT molecular complexity index is 570. The number of nitrogens with one attached hydrogen (secondary N) is 1. The Morgan fingerprint density at radius 3 is 2.73 bits per heavy atom. The lowest BCUT2D eigenvalue weighted by Crippen LogP contribution is -2.10. The average molecular weight is 202 g/mol. The summed E-state index contributed by atoms with van der Waals surface area (Å²) in [6.45, 7) is 5.93. The van der Waals surface area contributed by atoms with E-state index in [0.29, 0.717) is 11.2 Å². The third-order valence-electron chi connectivity index (χ3n) is 2.66. The Labute approximate surface area is 88.2 Å². The van der Waals surface area contributed by atoms with Gasteiger partial charge in [-0.25, -0.2) is 4.98 Å². The first-order chi connectivity index (χ1) is 7.11. The van der Waals surface area contributed by atoms with Crippen molar-refractivity contribution in [2.24, 2.45) is 0 Å². The molecule has 0 aliphatic heterocycles. The van der Waals surface area contributed by atoms with Gasteiger partial charge in [0.2, 0.25) is 0 Å². The molecule has 3 heteroatoms. The summed E-state index contributed by atoms with van der Waals surface area (Å²) in [7, 11) is 0. The first-order valence-electron chi connectivity index (χ1n) is 5.12. The lowest BCUT2D eigenvalue weighted by atomic mass is 10.0. The molecule has 0 unspecified atom stereocenters. The second-order valence-electron chi connectivity index (χ2n) is 3.80. The van der Waals surface area contributed by atoms with E-state index in [1.807, 2.05) is 12.1 Å². The largest absolute Gasteiger partial charge is 0.310 e. The van der Waals surface area contributed by atoms with Crippen LogP contribution in [0.15, 0.2) is 16.9 Å². The molecular weight excluding hydrogens is 188 g/mol. The van der Waals surface area contributed by atoms with Crippen molar-refractivity contribution < 1.29 is 0 Å². The van der Waals surface area contributed by atoms with E-state index in [-0.39, 0.29) is 5.56 Å². The second kappa shape index (κ2) is 3.50. The van der Waals surface area contributed by atoms with Gasteiger partial charge in [0, 0.05) is 0 Å². The normalized spacial score (nSPS) is 10.9. The molecule has 3 nitrogen and oxygen atoms in total. The fourth-order valence-electron chi connectivity index (χ4n) is 1.83. The fourth-order valence-corrected chi connectivity index (χ4v) is 1.83. The van der Waals surface area contributed by atoms with Gasteiger partial charge in [0.1, 0.15) is 5.82 Å². The first kappa shape index (κ1) is 9.90. The molecule has 0 atom stereocenters. The van der Waals surface area contributed by atoms with Crippen molar-refractivity contribution in [1.29, 1.82) is 0 Å². The molecule has 2 rings (SSSR count). The number of H-pyrrole nitrogens is 1. The minimum Gasteiger partial charge on any atom is -0.310 e. The van der Waals surface area contributed by atoms with Crippen molar-refractivity contribution >= 4 is 10.9 Å². The minimum atomic E-state index is -0.0489. The number of rotatable bonds is 1. The van der Waals surface area contributed by atoms with E-state index in [1.54, 1.807) is 6.92 Å². The van der Waals surface area contributed by atoms with Gasteiger partial charge in [-0.05, 0) is 43.5 Å². The molecule has 0 aliphatic rings. The number of nitrogens with zero attached hydrogens (tertiary/aromatic N) is 1. The highest BCUT2D eigenvalue weighted by molar-refractivity contribution is 5.79. The van der Waals surface area contributed by atoms with Gasteiger partial charge in [0.25, 0.3) is 5.56 Å². The van der Waals surface area contributed by atoms with Crippen molar-refractivity contribution in [2.75, 3.05) is 0 Å². The molecule has 0 bridgehead atoms. The standard InChI is InChI=1S/C12H14N2O/c1-4-9-6-10-11(5-7(9)2)13-8(3)14-12(10)15/h5-6H,4H2,1-3H3,(H,13,14,15). The summed E-state index contributed by atoms with van der Waals surface area (Å²) >= 11 is 0. The lowest BCUT2D eigenvalue weighted by Gasteiger charge is -2.05. The van der Waals surface area contributed by atoms with Crippen molar-refractivity contribution in [1.82, 2.24) is 9.97 Å². The molecule has 1 aromatic heterocycles. The van der Waals surface area contributed by atoms with Crippen molar-refractivity contribution in [3.05, 3.63) is 39.4 Å². The number of aromatic amines is 1. The average Bonchev–Trinajstić information content (AvgIpc) is 2.16. The molecule has 0 spiro atoms. The maximum atomic E-state index is 11.7. The van der Waals surface area contributed by atoms with E-state index >= 15 is 0 Å². The van der Waals surface area contributed by atoms with Crippen LogP contribution >= 0.6 is 0 Å². The third-order valence-corrected chi connectivity index (χ3v) is 2.66. The van der Waals surface area contributed by atoms with Gasteiger partial charge in [-0.1, -0.05) is 6.92 Å². The monoisotopic (exact) mass is 202 g/mol. The van der Waals surface area contributed by atoms with Crippen LogP contribution < -0.4 is 5.56 Å². The Hall–Kier alpha value is -1.64. The smallest absolute Gasteiger partial charge is 0.258 e. The molecule has 1 heterocycles. The number of aromatic nitrogens is 2. The van der Waals surface area contributed by atoms with Gasteiger partial charge in [0.15, 0.2) is 0 Å². The highest BCUT2D eigenvalue weighted by atomic mass is 16.1. The SMILES string of the molecule is CCc1cc2c(=O)[nH]c(C)nc2cc1C. The molecule has 0 fully saturated rings. The molecule has 1 N–H and O–H groups in total. The van der Waals surface area contributed by atoms with E-state index in [9.17, 15) is 4.79 Å². The van der Waals surface area contributed by atoms with Gasteiger partial charge in [-0.15, -0.1) is 0 Å². The van der Waals surface area contributed by atoms with Crippen LogP contribution in [0.5, 0.6) is 0 Å². The van der Waals surface area contributed by atoms with Gasteiger partial charge in [-0.3, -0.25) is 4.79 Å². The molecule has 0 aliphatic carbocycles. The Morgan fingerprint density at radius 2 is 2.07 bits per heavy atom. The quantitative estimate of drug-likeness (QED) is 0.769. The van der Waals surface area contributed by atoms with E-state index in [1.165, 1.54) is 11.1 Å². The highest BCUT2D eigenvalue weighted by Crippen LogP contribution is 2.15. The fraction of sp³-hybridized carbons (Fsp3) is 0.333. The molecular formula is C12H14N2O. The van der Waals surface area contributed by atoms with Crippen LogP contribution in [0.25, 0.3) is 10.9 Å². The number of aryl methyl sites for hydroxylation is 3. The molecule has 0 radical (unpaired) electrons. The van der Waals surface area contributed by atoms with Crippen LogP contribution in [0.1, 0.15) is 23.9 Å². The summed E-state index contributed by atoms with van der Waals surface area (Å²) < 4.78 is 0. The number of fused-ring (bicyclic) bond motifs is 1. The van der Waals surface area contributed by atoms with Crippen LogP contribution in [-0.2, 0) is 6.42 Å². The summed E-state index contributed by atoms with van der Waals surface area (Å²) in [6.07, 6.45) is 0.940. The summed E-state index contributed by atoms with van der Waals surface area (Å²) in [6, 6.07) is 3.92. The van der Waals surface area contributed by atoms with E-state index < -0.39 is 0 Å². The third kappa shape index (κ3) is 1.65. The van der Waals surface area contributed by atoms with Gasteiger partial charge in [-0.2, -0.15) is 0 Å². The maximum absolute atomic E-state index is 11.7. The summed E-state index contributed by atoms with van der Waals surface area (Å²) in [5.74, 6) is 0.663. The molecule has 2 aromatic rings. The lowest BCUT2D eigenvalue weighted by molar-refractivity contribution is 1.05. The van der Waals surface area contributed by atoms with E-state index in [4.69, 9.17) is 0 Å². The first-order valence-corrected chi connectivity index (χ1v) is 5.12. The number of hydrogen-bond donors (Lipinski definition) is 1. The second-order valence-corrected chi connectivity index (χ2v) is 3.80. The predicted octanol–water partition coefficient (Wildman–Crippen LogP) is 2.10. The Morgan fingerprint density at radius 1 is 1.33 bits per heavy atom. The highest BCUT2D eigenvalue weighted by Gasteiger charge is 2.04. The van der Waals surface area contributed by atoms with Crippen LogP contribution in [0, 0.1) is 13.8 Å².